The van der Waals surface area contributed by atoms with Gasteiger partial charge in [0.15, 0.2) is 5.58 Å². The van der Waals surface area contributed by atoms with Crippen molar-refractivity contribution >= 4 is 76.7 Å². The van der Waals surface area contributed by atoms with Crippen LogP contribution in [-0.2, 0) is 12.8 Å². The van der Waals surface area contributed by atoms with E-state index < -0.39 is 0 Å². The fourth-order valence-corrected chi connectivity index (χ4v) is 8.72. The molecule has 0 spiro atoms. The highest BCUT2D eigenvalue weighted by Crippen LogP contribution is 2.45. The molecule has 0 saturated heterocycles. The monoisotopic (exact) mass is 668 g/mol. The second-order valence-corrected chi connectivity index (χ2v) is 14.0. The zero-order chi connectivity index (χ0) is 33.9. The molecule has 1 aliphatic carbocycles. The second-order valence-electron chi connectivity index (χ2n) is 14.0. The Morgan fingerprint density at radius 1 is 0.519 bits per heavy atom. The zero-order valence-corrected chi connectivity index (χ0v) is 27.9. The topological polar surface area (TPSA) is 65.2 Å². The molecule has 0 amide bonds. The maximum atomic E-state index is 6.56. The van der Waals surface area contributed by atoms with Crippen molar-refractivity contribution in [2.75, 3.05) is 0 Å². The van der Waals surface area contributed by atoms with Gasteiger partial charge >= 0.3 is 0 Å². The van der Waals surface area contributed by atoms with Crippen LogP contribution in [0.3, 0.4) is 0 Å². The number of nitrogens with zero attached hydrogens (tertiary/aromatic N) is 2. The van der Waals surface area contributed by atoms with Gasteiger partial charge in [-0.25, -0.2) is 9.97 Å². The quantitative estimate of drug-likeness (QED) is 0.187. The SMILES string of the molecule is c1ccc2c(c1)CC(Cc1nc(-c3ccc4c(c3)oc3ccc5oc6ccccc6c5c34)c3oc4ccccc4c3n1)c1cc3ccccc3cc1-2. The first-order valence-electron chi connectivity index (χ1n) is 17.8. The van der Waals surface area contributed by atoms with Crippen molar-refractivity contribution in [1.29, 1.82) is 0 Å². The van der Waals surface area contributed by atoms with E-state index in [2.05, 4.69) is 97.1 Å². The molecule has 1 unspecified atom stereocenters. The van der Waals surface area contributed by atoms with Crippen molar-refractivity contribution in [1.82, 2.24) is 9.97 Å². The summed E-state index contributed by atoms with van der Waals surface area (Å²) in [5.74, 6) is 1.01. The summed E-state index contributed by atoms with van der Waals surface area (Å²) in [7, 11) is 0. The number of aromatic nitrogens is 2. The van der Waals surface area contributed by atoms with Crippen molar-refractivity contribution in [2.45, 2.75) is 18.8 Å². The Labute approximate surface area is 296 Å². The van der Waals surface area contributed by atoms with Crippen LogP contribution in [0.25, 0.3) is 99.1 Å². The maximum absolute atomic E-state index is 6.56. The lowest BCUT2D eigenvalue weighted by atomic mass is 9.76. The van der Waals surface area contributed by atoms with Crippen LogP contribution < -0.4 is 0 Å². The molecular weight excluding hydrogens is 641 g/mol. The van der Waals surface area contributed by atoms with Crippen molar-refractivity contribution < 1.29 is 13.3 Å². The number of rotatable bonds is 3. The molecule has 0 aliphatic heterocycles. The van der Waals surface area contributed by atoms with Gasteiger partial charge in [0.25, 0.3) is 0 Å². The summed E-state index contributed by atoms with van der Waals surface area (Å²) in [6, 6.07) is 48.9. The maximum Gasteiger partial charge on any atom is 0.180 e. The van der Waals surface area contributed by atoms with E-state index in [1.54, 1.807) is 0 Å². The van der Waals surface area contributed by atoms with Crippen LogP contribution in [0.4, 0.5) is 0 Å². The van der Waals surface area contributed by atoms with Gasteiger partial charge in [-0.2, -0.15) is 0 Å². The minimum absolute atomic E-state index is 0.211. The summed E-state index contributed by atoms with van der Waals surface area (Å²) in [5, 5.41) is 7.75. The number of para-hydroxylation sites is 2. The number of fused-ring (bicyclic) bond motifs is 14. The third kappa shape index (κ3) is 3.99. The van der Waals surface area contributed by atoms with Gasteiger partial charge in [0, 0.05) is 38.9 Å². The van der Waals surface area contributed by atoms with E-state index in [0.29, 0.717) is 12.0 Å². The number of hydrogen-bond acceptors (Lipinski definition) is 5. The molecule has 0 radical (unpaired) electrons. The summed E-state index contributed by atoms with van der Waals surface area (Å²) >= 11 is 0. The fourth-order valence-electron chi connectivity index (χ4n) is 8.72. The molecule has 5 nitrogen and oxygen atoms in total. The van der Waals surface area contributed by atoms with Crippen molar-refractivity contribution in [3.63, 3.8) is 0 Å². The van der Waals surface area contributed by atoms with Gasteiger partial charge in [-0.3, -0.25) is 0 Å². The van der Waals surface area contributed by atoms with Crippen LogP contribution in [0.2, 0.25) is 0 Å². The van der Waals surface area contributed by atoms with Gasteiger partial charge in [-0.15, -0.1) is 0 Å². The second kappa shape index (κ2) is 10.4. The molecule has 4 heterocycles. The molecule has 5 heteroatoms. The van der Waals surface area contributed by atoms with E-state index in [4.69, 9.17) is 23.2 Å². The highest BCUT2D eigenvalue weighted by molar-refractivity contribution is 6.26. The molecule has 52 heavy (non-hydrogen) atoms. The molecule has 0 bridgehead atoms. The highest BCUT2D eigenvalue weighted by Gasteiger charge is 2.28. The number of benzene rings is 7. The lowest BCUT2D eigenvalue weighted by Gasteiger charge is -2.28. The summed E-state index contributed by atoms with van der Waals surface area (Å²) in [6.45, 7) is 0. The Morgan fingerprint density at radius 3 is 2.04 bits per heavy atom. The molecule has 11 aromatic rings. The van der Waals surface area contributed by atoms with Crippen LogP contribution in [0.1, 0.15) is 22.9 Å². The van der Waals surface area contributed by atoms with Gasteiger partial charge in [0.05, 0.1) is 0 Å². The lowest BCUT2D eigenvalue weighted by Crippen LogP contribution is -2.15. The largest absolute Gasteiger partial charge is 0.456 e. The normalized spacial score (nSPS) is 14.3. The molecule has 0 N–H and O–H groups in total. The molecule has 0 fully saturated rings. The van der Waals surface area contributed by atoms with Gasteiger partial charge in [0.2, 0.25) is 0 Å². The van der Waals surface area contributed by atoms with E-state index in [1.807, 2.05) is 42.5 Å². The van der Waals surface area contributed by atoms with Gasteiger partial charge in [-0.05, 0) is 93.9 Å². The summed E-state index contributed by atoms with van der Waals surface area (Å²) in [4.78, 5) is 10.6. The molecule has 7 aromatic carbocycles. The van der Waals surface area contributed by atoms with E-state index in [9.17, 15) is 0 Å². The first-order valence-corrected chi connectivity index (χ1v) is 17.8. The smallest absolute Gasteiger partial charge is 0.180 e. The number of furan rings is 3. The number of hydrogen-bond donors (Lipinski definition) is 0. The third-order valence-electron chi connectivity index (χ3n) is 11.1. The molecule has 1 aliphatic rings. The minimum Gasteiger partial charge on any atom is -0.456 e. The van der Waals surface area contributed by atoms with Gasteiger partial charge in [-0.1, -0.05) is 91.0 Å². The molecule has 12 rings (SSSR count). The predicted octanol–water partition coefficient (Wildman–Crippen LogP) is 12.5. The van der Waals surface area contributed by atoms with E-state index in [0.717, 1.165) is 83.9 Å². The van der Waals surface area contributed by atoms with Crippen LogP contribution in [0, 0.1) is 0 Å². The van der Waals surface area contributed by atoms with Crippen LogP contribution in [0.15, 0.2) is 153 Å². The summed E-state index contributed by atoms with van der Waals surface area (Å²) in [5.41, 5.74) is 12.7. The molecule has 1 atom stereocenters. The molecule has 244 valence electrons. The third-order valence-corrected chi connectivity index (χ3v) is 11.1. The first kappa shape index (κ1) is 28.0. The molecule has 4 aromatic heterocycles. The van der Waals surface area contributed by atoms with E-state index in [-0.39, 0.29) is 5.92 Å². The van der Waals surface area contributed by atoms with Crippen LogP contribution >= 0.6 is 0 Å². The highest BCUT2D eigenvalue weighted by atomic mass is 16.3. The summed E-state index contributed by atoms with van der Waals surface area (Å²) in [6.07, 6.45) is 1.62. The first-order chi connectivity index (χ1) is 25.7. The average molecular weight is 669 g/mol. The Bertz CT molecular complexity index is 3270. The molecule has 0 saturated carbocycles. The van der Waals surface area contributed by atoms with Gasteiger partial charge < -0.3 is 13.3 Å². The average Bonchev–Trinajstić information content (AvgIpc) is 3.88. The van der Waals surface area contributed by atoms with Crippen LogP contribution in [-0.4, -0.2) is 9.97 Å². The fraction of sp³-hybridized carbons (Fsp3) is 0.0638. The zero-order valence-electron chi connectivity index (χ0n) is 27.9. The summed E-state index contributed by atoms with van der Waals surface area (Å²) < 4.78 is 19.3. The van der Waals surface area contributed by atoms with E-state index in [1.165, 1.54) is 33.0 Å². The van der Waals surface area contributed by atoms with Crippen molar-refractivity contribution in [2.24, 2.45) is 0 Å². The lowest BCUT2D eigenvalue weighted by molar-refractivity contribution is 0.643. The Kier molecular flexibility index (Phi) is 5.61. The van der Waals surface area contributed by atoms with Crippen molar-refractivity contribution in [3.05, 3.63) is 156 Å². The Morgan fingerprint density at radius 2 is 1.19 bits per heavy atom. The Hall–Kier alpha value is -6.72. The van der Waals surface area contributed by atoms with Crippen molar-refractivity contribution in [3.8, 4) is 22.4 Å². The van der Waals surface area contributed by atoms with Gasteiger partial charge in [0.1, 0.15) is 45.0 Å². The standard InChI is InChI=1S/C47H28N2O3/c1-2-10-27-23-36-31-12-4-3-11-28(31)21-30(35(36)22-26(27)9-1)25-42-48-45(47-46(49-42)34-14-6-8-16-38(34)52-47)29-17-18-33-41(24-29)51-40-20-19-39-43(44(33)40)32-13-5-7-15-37(32)50-39/h1-20,22-24,30H,21,25H2. The predicted molar refractivity (Wildman–Crippen MR) is 209 cm³/mol. The van der Waals surface area contributed by atoms with Crippen LogP contribution in [0.5, 0.6) is 0 Å². The minimum atomic E-state index is 0.211. The molecular formula is C47H28N2O3. The van der Waals surface area contributed by atoms with E-state index >= 15 is 0 Å². The Balaban J connectivity index is 1.05.